The molecule has 1 saturated carbocycles. The first-order chi connectivity index (χ1) is 6.99. The normalized spacial score (nSPS) is 17.5. The molecule has 0 aromatic heterocycles. The Bertz CT molecular complexity index is 436. The number of rotatable bonds is 2. The lowest BCUT2D eigenvalue weighted by atomic mass is 9.93. The maximum absolute atomic E-state index is 13.5. The van der Waals surface area contributed by atoms with E-state index in [1.54, 1.807) is 6.92 Å². The Morgan fingerprint density at radius 1 is 1.47 bits per heavy atom. The van der Waals surface area contributed by atoms with Crippen molar-refractivity contribution in [2.24, 2.45) is 0 Å². The molecule has 1 fully saturated rings. The molecule has 0 bridgehead atoms. The van der Waals surface area contributed by atoms with Crippen molar-refractivity contribution in [3.05, 3.63) is 29.1 Å². The van der Waals surface area contributed by atoms with Crippen LogP contribution in [0.3, 0.4) is 0 Å². The average molecular weight is 210 g/mol. The summed E-state index contributed by atoms with van der Waals surface area (Å²) in [5.74, 6) is -1.93. The first kappa shape index (κ1) is 9.96. The summed E-state index contributed by atoms with van der Waals surface area (Å²) < 4.78 is 13.5. The summed E-state index contributed by atoms with van der Waals surface area (Å²) in [5.41, 5.74) is -0.755. The number of aryl methyl sites for hydroxylation is 1. The zero-order chi connectivity index (χ0) is 11.2. The van der Waals surface area contributed by atoms with Crippen LogP contribution in [-0.4, -0.2) is 16.2 Å². The highest BCUT2D eigenvalue weighted by Gasteiger charge is 2.55. The van der Waals surface area contributed by atoms with Gasteiger partial charge in [-0.05, 0) is 31.4 Å². The molecule has 4 heteroatoms. The Balaban J connectivity index is 2.62. The van der Waals surface area contributed by atoms with Gasteiger partial charge in [0.05, 0.1) is 5.41 Å². The molecule has 1 aliphatic rings. The van der Waals surface area contributed by atoms with Gasteiger partial charge in [-0.3, -0.25) is 4.79 Å². The number of aromatic hydroxyl groups is 1. The third-order valence-electron chi connectivity index (χ3n) is 2.97. The maximum Gasteiger partial charge on any atom is 0.314 e. The average Bonchev–Trinajstić information content (AvgIpc) is 2.93. The molecule has 0 atom stereocenters. The van der Waals surface area contributed by atoms with Crippen LogP contribution in [-0.2, 0) is 10.2 Å². The lowest BCUT2D eigenvalue weighted by Crippen LogP contribution is -2.21. The minimum Gasteiger partial charge on any atom is -0.507 e. The summed E-state index contributed by atoms with van der Waals surface area (Å²) in [7, 11) is 0. The summed E-state index contributed by atoms with van der Waals surface area (Å²) in [6, 6.07) is 2.64. The van der Waals surface area contributed by atoms with Gasteiger partial charge in [-0.25, -0.2) is 4.39 Å². The Morgan fingerprint density at radius 2 is 2.07 bits per heavy atom. The molecule has 3 nitrogen and oxygen atoms in total. The van der Waals surface area contributed by atoms with Crippen molar-refractivity contribution in [2.45, 2.75) is 25.2 Å². The van der Waals surface area contributed by atoms with E-state index in [2.05, 4.69) is 0 Å². The Morgan fingerprint density at radius 3 is 2.53 bits per heavy atom. The van der Waals surface area contributed by atoms with Crippen LogP contribution in [0.2, 0.25) is 0 Å². The molecule has 0 spiro atoms. The topological polar surface area (TPSA) is 57.5 Å². The predicted molar refractivity (Wildman–Crippen MR) is 51.3 cm³/mol. The van der Waals surface area contributed by atoms with Crippen molar-refractivity contribution in [1.82, 2.24) is 0 Å². The monoisotopic (exact) mass is 210 g/mol. The second-order valence-corrected chi connectivity index (χ2v) is 3.98. The Kier molecular flexibility index (Phi) is 1.96. The van der Waals surface area contributed by atoms with Gasteiger partial charge in [-0.1, -0.05) is 6.07 Å². The SMILES string of the molecule is Cc1ccc(F)c(C2(C(=O)O)CC2)c1O. The van der Waals surface area contributed by atoms with Crippen molar-refractivity contribution >= 4 is 5.97 Å². The standard InChI is InChI=1S/C11H11FO3/c1-6-2-3-7(12)8(9(6)13)11(4-5-11)10(14)15/h2-3,13H,4-5H2,1H3,(H,14,15). The second-order valence-electron chi connectivity index (χ2n) is 3.98. The molecule has 2 rings (SSSR count). The van der Waals surface area contributed by atoms with E-state index < -0.39 is 17.2 Å². The molecule has 1 aliphatic carbocycles. The van der Waals surface area contributed by atoms with Crippen LogP contribution in [0.15, 0.2) is 12.1 Å². The number of carbonyl (C=O) groups is 1. The van der Waals surface area contributed by atoms with Crippen molar-refractivity contribution in [2.75, 3.05) is 0 Å². The van der Waals surface area contributed by atoms with Crippen molar-refractivity contribution in [3.8, 4) is 5.75 Å². The zero-order valence-electron chi connectivity index (χ0n) is 8.25. The summed E-state index contributed by atoms with van der Waals surface area (Å²) in [6.45, 7) is 1.62. The molecule has 0 aliphatic heterocycles. The number of carboxylic acids is 1. The fraction of sp³-hybridized carbons (Fsp3) is 0.364. The molecule has 0 heterocycles. The Labute approximate surface area is 86.2 Å². The van der Waals surface area contributed by atoms with Crippen LogP contribution < -0.4 is 0 Å². The predicted octanol–water partition coefficient (Wildman–Crippen LogP) is 1.96. The van der Waals surface area contributed by atoms with Gasteiger partial charge in [0.1, 0.15) is 11.6 Å². The van der Waals surface area contributed by atoms with Gasteiger partial charge in [0, 0.05) is 5.56 Å². The molecule has 80 valence electrons. The summed E-state index contributed by atoms with van der Waals surface area (Å²) in [5, 5.41) is 18.7. The molecule has 1 aromatic rings. The van der Waals surface area contributed by atoms with Gasteiger partial charge in [-0.15, -0.1) is 0 Å². The van der Waals surface area contributed by atoms with Gasteiger partial charge in [0.15, 0.2) is 0 Å². The van der Waals surface area contributed by atoms with E-state index in [4.69, 9.17) is 5.11 Å². The fourth-order valence-electron chi connectivity index (χ4n) is 1.82. The molecule has 15 heavy (non-hydrogen) atoms. The molecule has 1 aromatic carbocycles. The number of aliphatic carboxylic acids is 1. The van der Waals surface area contributed by atoms with Crippen LogP contribution in [0.4, 0.5) is 4.39 Å². The largest absolute Gasteiger partial charge is 0.507 e. The van der Waals surface area contributed by atoms with Gasteiger partial charge < -0.3 is 10.2 Å². The number of carboxylic acid groups (broad SMARTS) is 1. The number of phenols is 1. The lowest BCUT2D eigenvalue weighted by Gasteiger charge is -2.14. The Hall–Kier alpha value is -1.58. The second kappa shape index (κ2) is 2.95. The highest BCUT2D eigenvalue weighted by atomic mass is 19.1. The fourth-order valence-corrected chi connectivity index (χ4v) is 1.82. The van der Waals surface area contributed by atoms with E-state index >= 15 is 0 Å². The number of benzene rings is 1. The first-order valence-corrected chi connectivity index (χ1v) is 4.71. The molecular weight excluding hydrogens is 199 g/mol. The lowest BCUT2D eigenvalue weighted by molar-refractivity contribution is -0.140. The van der Waals surface area contributed by atoms with Crippen LogP contribution in [0.25, 0.3) is 0 Å². The minimum atomic E-state index is -1.19. The van der Waals surface area contributed by atoms with Crippen LogP contribution in [0.1, 0.15) is 24.0 Å². The van der Waals surface area contributed by atoms with E-state index in [0.29, 0.717) is 18.4 Å². The van der Waals surface area contributed by atoms with E-state index in [1.165, 1.54) is 12.1 Å². The van der Waals surface area contributed by atoms with Gasteiger partial charge in [0.2, 0.25) is 0 Å². The van der Waals surface area contributed by atoms with E-state index in [0.717, 1.165) is 0 Å². The van der Waals surface area contributed by atoms with Crippen LogP contribution in [0, 0.1) is 12.7 Å². The van der Waals surface area contributed by atoms with Gasteiger partial charge in [0.25, 0.3) is 0 Å². The molecule has 0 unspecified atom stereocenters. The maximum atomic E-state index is 13.5. The summed E-state index contributed by atoms with van der Waals surface area (Å²) in [4.78, 5) is 11.0. The smallest absolute Gasteiger partial charge is 0.314 e. The molecule has 0 radical (unpaired) electrons. The number of phenolic OH excluding ortho intramolecular Hbond substituents is 1. The quantitative estimate of drug-likeness (QED) is 0.784. The van der Waals surface area contributed by atoms with E-state index in [-0.39, 0.29) is 11.3 Å². The number of hydrogen-bond donors (Lipinski definition) is 2. The molecule has 0 saturated heterocycles. The zero-order valence-corrected chi connectivity index (χ0v) is 8.25. The van der Waals surface area contributed by atoms with E-state index in [1.807, 2.05) is 0 Å². The van der Waals surface area contributed by atoms with Crippen molar-refractivity contribution in [1.29, 1.82) is 0 Å². The first-order valence-electron chi connectivity index (χ1n) is 4.71. The van der Waals surface area contributed by atoms with Gasteiger partial charge in [-0.2, -0.15) is 0 Å². The van der Waals surface area contributed by atoms with Crippen molar-refractivity contribution in [3.63, 3.8) is 0 Å². The highest BCUT2D eigenvalue weighted by Crippen LogP contribution is 2.52. The highest BCUT2D eigenvalue weighted by molar-refractivity contribution is 5.86. The number of halogens is 1. The van der Waals surface area contributed by atoms with E-state index in [9.17, 15) is 14.3 Å². The van der Waals surface area contributed by atoms with Crippen LogP contribution >= 0.6 is 0 Å². The number of hydrogen-bond acceptors (Lipinski definition) is 2. The van der Waals surface area contributed by atoms with Gasteiger partial charge >= 0.3 is 5.97 Å². The molecule has 2 N–H and O–H groups in total. The third-order valence-corrected chi connectivity index (χ3v) is 2.97. The summed E-state index contributed by atoms with van der Waals surface area (Å²) in [6.07, 6.45) is 0.770. The molecule has 0 amide bonds. The molecular formula is C11H11FO3. The van der Waals surface area contributed by atoms with Crippen molar-refractivity contribution < 1.29 is 19.4 Å². The van der Waals surface area contributed by atoms with Crippen LogP contribution in [0.5, 0.6) is 5.75 Å². The minimum absolute atomic E-state index is 0.0602. The third kappa shape index (κ3) is 1.28. The summed E-state index contributed by atoms with van der Waals surface area (Å²) >= 11 is 0.